The third kappa shape index (κ3) is 6.64. The first kappa shape index (κ1) is 23.0. The Hall–Kier alpha value is -2.21. The van der Waals surface area contributed by atoms with Gasteiger partial charge in [0.05, 0.1) is 0 Å². The van der Waals surface area contributed by atoms with Crippen molar-refractivity contribution in [3.8, 4) is 0 Å². The predicted octanol–water partition coefficient (Wildman–Crippen LogP) is 3.90. The summed E-state index contributed by atoms with van der Waals surface area (Å²) in [4.78, 5) is 13.9. The molecule has 3 N–H and O–H groups in total. The maximum Gasteiger partial charge on any atom is 0.132 e. The molecule has 5 heteroatoms. The van der Waals surface area contributed by atoms with Gasteiger partial charge in [0, 0.05) is 37.7 Å². The predicted molar refractivity (Wildman–Crippen MR) is 132 cm³/mol. The molecule has 4 rings (SSSR count). The molecule has 2 fully saturated rings. The molecule has 2 saturated heterocycles. The maximum atomic E-state index is 11.3. The van der Waals surface area contributed by atoms with Crippen LogP contribution in [0.15, 0.2) is 48.5 Å². The molecule has 2 heterocycles. The molecule has 0 atom stereocenters. The van der Waals surface area contributed by atoms with Gasteiger partial charge in [-0.1, -0.05) is 42.0 Å². The number of piperidine rings is 1. The molecule has 0 unspecified atom stereocenters. The molecule has 2 aromatic carbocycles. The first-order valence-electron chi connectivity index (χ1n) is 12.2. The Kier molecular flexibility index (Phi) is 7.95. The molecule has 5 nitrogen and oxygen atoms in total. The van der Waals surface area contributed by atoms with Gasteiger partial charge in [0.1, 0.15) is 12.1 Å². The zero-order valence-corrected chi connectivity index (χ0v) is 19.6. The topological polar surface area (TPSA) is 56.4 Å². The summed E-state index contributed by atoms with van der Waals surface area (Å²) in [5.41, 5.74) is 5.21. The average Bonchev–Trinajstić information content (AvgIpc) is 2.80. The summed E-state index contributed by atoms with van der Waals surface area (Å²) >= 11 is 0. The van der Waals surface area contributed by atoms with Crippen molar-refractivity contribution in [2.24, 2.45) is 5.92 Å². The van der Waals surface area contributed by atoms with Gasteiger partial charge in [0.15, 0.2) is 0 Å². The highest BCUT2D eigenvalue weighted by Crippen LogP contribution is 2.21. The van der Waals surface area contributed by atoms with Gasteiger partial charge < -0.3 is 15.0 Å². The highest BCUT2D eigenvalue weighted by Gasteiger charge is 2.21. The second-order valence-corrected chi connectivity index (χ2v) is 9.64. The number of aryl methyl sites for hydroxylation is 1. The molecule has 32 heavy (non-hydrogen) atoms. The fourth-order valence-electron chi connectivity index (χ4n) is 4.88. The minimum atomic E-state index is 0.0962. The Morgan fingerprint density at radius 1 is 1.00 bits per heavy atom. The molecule has 2 aliphatic heterocycles. The van der Waals surface area contributed by atoms with Crippen LogP contribution in [-0.2, 0) is 11.2 Å². The van der Waals surface area contributed by atoms with E-state index in [0.717, 1.165) is 64.1 Å². The molecule has 172 valence electrons. The van der Waals surface area contributed by atoms with E-state index in [1.54, 1.807) is 6.92 Å². The lowest BCUT2D eigenvalue weighted by Crippen LogP contribution is -2.55. The zero-order chi connectivity index (χ0) is 22.3. The SMILES string of the molecule is CC(=O)CC1CCN(CCc2ccc(NC3NCC(c4ccc(C)cc4)CN3)cc2)CC1. The fourth-order valence-corrected chi connectivity index (χ4v) is 4.88. The van der Waals surface area contributed by atoms with Crippen molar-refractivity contribution in [1.29, 1.82) is 0 Å². The molecule has 0 amide bonds. The van der Waals surface area contributed by atoms with Crippen LogP contribution in [0.1, 0.15) is 48.8 Å². The zero-order valence-electron chi connectivity index (χ0n) is 19.6. The van der Waals surface area contributed by atoms with Crippen LogP contribution in [0.2, 0.25) is 0 Å². The molecule has 0 bridgehead atoms. The number of rotatable bonds is 8. The number of nitrogens with zero attached hydrogens (tertiary/aromatic N) is 1. The Morgan fingerprint density at radius 2 is 1.66 bits per heavy atom. The van der Waals surface area contributed by atoms with E-state index < -0.39 is 0 Å². The quantitative estimate of drug-likeness (QED) is 0.588. The van der Waals surface area contributed by atoms with Gasteiger partial charge in [-0.05, 0) is 75.4 Å². The smallest absolute Gasteiger partial charge is 0.132 e. The van der Waals surface area contributed by atoms with Gasteiger partial charge in [-0.15, -0.1) is 0 Å². The summed E-state index contributed by atoms with van der Waals surface area (Å²) < 4.78 is 0. The fraction of sp³-hybridized carbons (Fsp3) is 0.519. The average molecular weight is 435 g/mol. The number of nitrogens with one attached hydrogen (secondary N) is 3. The van der Waals surface area contributed by atoms with Gasteiger partial charge in [-0.3, -0.25) is 10.6 Å². The lowest BCUT2D eigenvalue weighted by Gasteiger charge is -2.32. The van der Waals surface area contributed by atoms with Gasteiger partial charge >= 0.3 is 0 Å². The van der Waals surface area contributed by atoms with Crippen molar-refractivity contribution < 1.29 is 4.79 Å². The van der Waals surface area contributed by atoms with Gasteiger partial charge in [0.2, 0.25) is 0 Å². The monoisotopic (exact) mass is 434 g/mol. The van der Waals surface area contributed by atoms with Crippen LogP contribution < -0.4 is 16.0 Å². The molecule has 2 aliphatic rings. The molecule has 0 saturated carbocycles. The number of likely N-dealkylation sites (tertiary alicyclic amines) is 1. The Labute approximate surface area is 193 Å². The number of hydrogen-bond acceptors (Lipinski definition) is 5. The summed E-state index contributed by atoms with van der Waals surface area (Å²) in [5, 5.41) is 10.7. The lowest BCUT2D eigenvalue weighted by molar-refractivity contribution is -0.118. The Balaban J connectivity index is 1.17. The Morgan fingerprint density at radius 3 is 2.28 bits per heavy atom. The van der Waals surface area contributed by atoms with E-state index in [1.807, 2.05) is 0 Å². The molecule has 0 aromatic heterocycles. The molecule has 0 aliphatic carbocycles. The minimum Gasteiger partial charge on any atom is -0.358 e. The first-order valence-corrected chi connectivity index (χ1v) is 12.2. The van der Waals surface area contributed by atoms with Crippen molar-refractivity contribution in [3.05, 3.63) is 65.2 Å². The third-order valence-electron chi connectivity index (χ3n) is 6.95. The lowest BCUT2D eigenvalue weighted by atomic mass is 9.92. The van der Waals surface area contributed by atoms with Gasteiger partial charge in [-0.25, -0.2) is 0 Å². The Bertz CT molecular complexity index is 848. The van der Waals surface area contributed by atoms with E-state index in [9.17, 15) is 4.79 Å². The van der Waals surface area contributed by atoms with Crippen LogP contribution >= 0.6 is 0 Å². The minimum absolute atomic E-state index is 0.0962. The van der Waals surface area contributed by atoms with Crippen LogP contribution in [0.4, 0.5) is 5.69 Å². The molecule has 2 aromatic rings. The van der Waals surface area contributed by atoms with E-state index in [1.165, 1.54) is 16.7 Å². The summed E-state index contributed by atoms with van der Waals surface area (Å²) in [6, 6.07) is 17.7. The second kappa shape index (κ2) is 11.1. The van der Waals surface area contributed by atoms with E-state index in [0.29, 0.717) is 17.6 Å². The summed E-state index contributed by atoms with van der Waals surface area (Å²) in [6.45, 7) is 9.14. The number of carbonyl (C=O) groups is 1. The first-order chi connectivity index (χ1) is 15.5. The molecular formula is C27H38N4O. The van der Waals surface area contributed by atoms with Gasteiger partial charge in [-0.2, -0.15) is 0 Å². The number of benzene rings is 2. The number of Topliss-reactive ketones (excluding diaryl/α,β-unsaturated/α-hetero) is 1. The van der Waals surface area contributed by atoms with E-state index in [4.69, 9.17) is 0 Å². The van der Waals surface area contributed by atoms with Crippen LogP contribution in [0, 0.1) is 12.8 Å². The highest BCUT2D eigenvalue weighted by molar-refractivity contribution is 5.75. The summed E-state index contributed by atoms with van der Waals surface area (Å²) in [6.07, 6.45) is 4.26. The maximum absolute atomic E-state index is 11.3. The standard InChI is InChI=1S/C27H38N4O/c1-20-3-7-24(8-4-20)25-18-28-27(29-19-25)30-26-9-5-22(6-10-26)11-14-31-15-12-23(13-16-31)17-21(2)32/h3-10,23,25,27-30H,11-19H2,1-2H3. The second-order valence-electron chi connectivity index (χ2n) is 9.64. The largest absolute Gasteiger partial charge is 0.358 e. The van der Waals surface area contributed by atoms with Crippen molar-refractivity contribution in [2.45, 2.75) is 51.7 Å². The van der Waals surface area contributed by atoms with E-state index in [2.05, 4.69) is 76.3 Å². The van der Waals surface area contributed by atoms with Crippen LogP contribution in [0.5, 0.6) is 0 Å². The van der Waals surface area contributed by atoms with Gasteiger partial charge in [0.25, 0.3) is 0 Å². The number of hydrogen-bond donors (Lipinski definition) is 3. The van der Waals surface area contributed by atoms with Crippen molar-refractivity contribution >= 4 is 11.5 Å². The summed E-state index contributed by atoms with van der Waals surface area (Å²) in [5.74, 6) is 1.44. The number of ketones is 1. The van der Waals surface area contributed by atoms with Crippen LogP contribution in [0.3, 0.4) is 0 Å². The van der Waals surface area contributed by atoms with Crippen molar-refractivity contribution in [1.82, 2.24) is 15.5 Å². The molecular weight excluding hydrogens is 396 g/mol. The third-order valence-corrected chi connectivity index (χ3v) is 6.95. The molecule has 0 spiro atoms. The normalized spacial score (nSPS) is 22.6. The summed E-state index contributed by atoms with van der Waals surface area (Å²) in [7, 11) is 0. The molecule has 0 radical (unpaired) electrons. The highest BCUT2D eigenvalue weighted by atomic mass is 16.1. The van der Waals surface area contributed by atoms with E-state index in [-0.39, 0.29) is 6.29 Å². The van der Waals surface area contributed by atoms with Crippen molar-refractivity contribution in [2.75, 3.05) is 38.0 Å². The van der Waals surface area contributed by atoms with E-state index >= 15 is 0 Å². The number of anilines is 1. The van der Waals surface area contributed by atoms with Crippen LogP contribution in [-0.4, -0.2) is 49.7 Å². The number of carbonyl (C=O) groups excluding carboxylic acids is 1. The van der Waals surface area contributed by atoms with Crippen LogP contribution in [0.25, 0.3) is 0 Å². The van der Waals surface area contributed by atoms with Crippen molar-refractivity contribution in [3.63, 3.8) is 0 Å².